The van der Waals surface area contributed by atoms with Gasteiger partial charge in [-0.05, 0) is 18.2 Å². The Hall–Kier alpha value is -2.47. The van der Waals surface area contributed by atoms with E-state index in [1.165, 1.54) is 0 Å². The van der Waals surface area contributed by atoms with E-state index in [1.807, 2.05) is 23.1 Å². The van der Waals surface area contributed by atoms with E-state index in [0.29, 0.717) is 50.3 Å². The summed E-state index contributed by atoms with van der Waals surface area (Å²) in [7, 11) is 0. The molecule has 2 aliphatic heterocycles. The molecule has 2 aromatic rings. The Morgan fingerprint density at radius 1 is 1.33 bits per heavy atom. The number of carbonyl (C=O) groups is 1. The fraction of sp³-hybridized carbons (Fsp3) is 0.389. The molecule has 0 radical (unpaired) electrons. The molecule has 6 heteroatoms. The largest absolute Gasteiger partial charge is 0.477 e. The van der Waals surface area contributed by atoms with Gasteiger partial charge in [-0.1, -0.05) is 6.07 Å². The molecule has 0 aliphatic carbocycles. The maximum Gasteiger partial charge on any atom is 0.255 e. The molecule has 24 heavy (non-hydrogen) atoms. The molecule has 0 bridgehead atoms. The van der Waals surface area contributed by atoms with E-state index in [1.54, 1.807) is 30.7 Å². The number of rotatable bonds is 4. The molecule has 0 spiro atoms. The minimum absolute atomic E-state index is 0.0229. The summed E-state index contributed by atoms with van der Waals surface area (Å²) in [6.07, 6.45) is 5.00. The third kappa shape index (κ3) is 2.73. The summed E-state index contributed by atoms with van der Waals surface area (Å²) in [5.41, 5.74) is 0.467. The number of nitrogens with zero attached hydrogens (tertiary/aromatic N) is 3. The van der Waals surface area contributed by atoms with Crippen molar-refractivity contribution >= 4 is 5.91 Å². The molecule has 2 fully saturated rings. The lowest BCUT2D eigenvalue weighted by Crippen LogP contribution is -2.38. The monoisotopic (exact) mass is 325 g/mol. The third-order valence-electron chi connectivity index (χ3n) is 4.86. The van der Waals surface area contributed by atoms with Crippen molar-refractivity contribution in [2.75, 3.05) is 32.9 Å². The summed E-state index contributed by atoms with van der Waals surface area (Å²) in [5.74, 6) is 0.922. The molecule has 0 saturated carbocycles. The molecule has 0 aromatic carbocycles. The Bertz CT molecular complexity index is 710. The van der Waals surface area contributed by atoms with Crippen LogP contribution in [0.15, 0.2) is 48.9 Å². The van der Waals surface area contributed by atoms with Gasteiger partial charge in [0.25, 0.3) is 5.91 Å². The normalized spacial score (nSPS) is 25.5. The van der Waals surface area contributed by atoms with E-state index in [-0.39, 0.29) is 11.3 Å². The van der Waals surface area contributed by atoms with Crippen LogP contribution in [-0.4, -0.2) is 53.7 Å². The van der Waals surface area contributed by atoms with Crippen molar-refractivity contribution in [2.45, 2.75) is 0 Å². The first-order valence-electron chi connectivity index (χ1n) is 8.08. The fourth-order valence-electron chi connectivity index (χ4n) is 3.51. The van der Waals surface area contributed by atoms with Crippen LogP contribution in [0.1, 0.15) is 10.4 Å². The van der Waals surface area contributed by atoms with Crippen LogP contribution < -0.4 is 4.74 Å². The molecule has 6 nitrogen and oxygen atoms in total. The zero-order valence-electron chi connectivity index (χ0n) is 13.3. The van der Waals surface area contributed by atoms with Gasteiger partial charge in [0.05, 0.1) is 30.8 Å². The van der Waals surface area contributed by atoms with E-state index in [9.17, 15) is 4.79 Å². The molecule has 2 atom stereocenters. The summed E-state index contributed by atoms with van der Waals surface area (Å²) in [4.78, 5) is 22.8. The van der Waals surface area contributed by atoms with Gasteiger partial charge in [-0.25, -0.2) is 4.98 Å². The van der Waals surface area contributed by atoms with Crippen LogP contribution in [0.4, 0.5) is 0 Å². The minimum Gasteiger partial charge on any atom is -0.477 e. The molecule has 4 rings (SSSR count). The van der Waals surface area contributed by atoms with Gasteiger partial charge in [-0.2, -0.15) is 0 Å². The van der Waals surface area contributed by atoms with Crippen LogP contribution in [0.25, 0.3) is 0 Å². The highest BCUT2D eigenvalue weighted by Gasteiger charge is 2.52. The molecular weight excluding hydrogens is 306 g/mol. The molecule has 124 valence electrons. The van der Waals surface area contributed by atoms with Gasteiger partial charge in [0.2, 0.25) is 5.88 Å². The average molecular weight is 325 g/mol. The molecule has 2 aliphatic rings. The predicted octanol–water partition coefficient (Wildman–Crippen LogP) is 1.64. The van der Waals surface area contributed by atoms with Crippen molar-refractivity contribution in [2.24, 2.45) is 11.3 Å². The quantitative estimate of drug-likeness (QED) is 0.855. The van der Waals surface area contributed by atoms with Gasteiger partial charge in [-0.15, -0.1) is 0 Å². The second-order valence-electron chi connectivity index (χ2n) is 6.46. The number of amides is 1. The van der Waals surface area contributed by atoms with Crippen LogP contribution in [0.5, 0.6) is 5.88 Å². The van der Waals surface area contributed by atoms with Crippen LogP contribution >= 0.6 is 0 Å². The zero-order chi connectivity index (χ0) is 16.4. The predicted molar refractivity (Wildman–Crippen MR) is 86.6 cm³/mol. The molecule has 4 heterocycles. The highest BCUT2D eigenvalue weighted by molar-refractivity contribution is 5.94. The number of pyridine rings is 2. The number of likely N-dealkylation sites (tertiary alicyclic amines) is 1. The highest BCUT2D eigenvalue weighted by atomic mass is 16.5. The van der Waals surface area contributed by atoms with E-state index in [2.05, 4.69) is 9.97 Å². The molecular formula is C18H19N3O3. The van der Waals surface area contributed by atoms with Crippen molar-refractivity contribution < 1.29 is 14.3 Å². The highest BCUT2D eigenvalue weighted by Crippen LogP contribution is 2.42. The Morgan fingerprint density at radius 3 is 3.08 bits per heavy atom. The second kappa shape index (κ2) is 6.20. The lowest BCUT2D eigenvalue weighted by molar-refractivity contribution is 0.0655. The number of hydrogen-bond acceptors (Lipinski definition) is 5. The summed E-state index contributed by atoms with van der Waals surface area (Å²) in [5, 5.41) is 0. The van der Waals surface area contributed by atoms with Gasteiger partial charge in [-0.3, -0.25) is 9.78 Å². The molecule has 1 amide bonds. The first-order valence-corrected chi connectivity index (χ1v) is 8.08. The Kier molecular flexibility index (Phi) is 3.90. The van der Waals surface area contributed by atoms with Gasteiger partial charge in [0.1, 0.15) is 0 Å². The smallest absolute Gasteiger partial charge is 0.255 e. The van der Waals surface area contributed by atoms with E-state index < -0.39 is 0 Å². The van der Waals surface area contributed by atoms with Gasteiger partial charge < -0.3 is 14.4 Å². The average Bonchev–Trinajstić information content (AvgIpc) is 3.18. The number of aromatic nitrogens is 2. The van der Waals surface area contributed by atoms with Crippen molar-refractivity contribution in [1.29, 1.82) is 0 Å². The SMILES string of the molecule is O=C(c1cccnc1)N1C[C@@H]2COC[C@]2(COc2ccccn2)C1. The lowest BCUT2D eigenvalue weighted by atomic mass is 9.82. The molecule has 0 N–H and O–H groups in total. The summed E-state index contributed by atoms with van der Waals surface area (Å²) in [6, 6.07) is 9.19. The van der Waals surface area contributed by atoms with Crippen molar-refractivity contribution in [3.8, 4) is 5.88 Å². The number of carbonyl (C=O) groups excluding carboxylic acids is 1. The number of hydrogen-bond donors (Lipinski definition) is 0. The summed E-state index contributed by atoms with van der Waals surface area (Å²) in [6.45, 7) is 3.12. The number of fused-ring (bicyclic) bond motifs is 1. The van der Waals surface area contributed by atoms with Crippen LogP contribution in [-0.2, 0) is 4.74 Å². The Balaban J connectivity index is 1.48. The van der Waals surface area contributed by atoms with E-state index >= 15 is 0 Å². The zero-order valence-corrected chi connectivity index (χ0v) is 13.3. The standard InChI is InChI=1S/C18H19N3O3/c22-17(14-4-3-6-19-8-14)21-9-15-10-23-12-18(15,11-21)13-24-16-5-1-2-7-20-16/h1-8,15H,9-13H2/t15-,18+/m1/s1. The van der Waals surface area contributed by atoms with Gasteiger partial charge in [0.15, 0.2) is 0 Å². The number of ether oxygens (including phenoxy) is 2. The summed E-state index contributed by atoms with van der Waals surface area (Å²) < 4.78 is 11.6. The first-order chi connectivity index (χ1) is 11.8. The maximum absolute atomic E-state index is 12.7. The summed E-state index contributed by atoms with van der Waals surface area (Å²) >= 11 is 0. The minimum atomic E-state index is -0.157. The topological polar surface area (TPSA) is 64.6 Å². The van der Waals surface area contributed by atoms with E-state index in [0.717, 1.165) is 0 Å². The maximum atomic E-state index is 12.7. The Labute approximate surface area is 140 Å². The second-order valence-corrected chi connectivity index (χ2v) is 6.46. The molecule has 2 saturated heterocycles. The van der Waals surface area contributed by atoms with E-state index in [4.69, 9.17) is 9.47 Å². The fourth-order valence-corrected chi connectivity index (χ4v) is 3.51. The van der Waals surface area contributed by atoms with Gasteiger partial charge >= 0.3 is 0 Å². The van der Waals surface area contributed by atoms with Crippen LogP contribution in [0.3, 0.4) is 0 Å². The molecule has 0 unspecified atom stereocenters. The lowest BCUT2D eigenvalue weighted by Gasteiger charge is -2.26. The van der Waals surface area contributed by atoms with Gasteiger partial charge in [0, 0.05) is 43.7 Å². The third-order valence-corrected chi connectivity index (χ3v) is 4.86. The Morgan fingerprint density at radius 2 is 2.29 bits per heavy atom. The van der Waals surface area contributed by atoms with Crippen molar-refractivity contribution in [1.82, 2.24) is 14.9 Å². The molecule has 2 aromatic heterocycles. The van der Waals surface area contributed by atoms with Crippen molar-refractivity contribution in [3.05, 3.63) is 54.5 Å². The van der Waals surface area contributed by atoms with Crippen molar-refractivity contribution in [3.63, 3.8) is 0 Å². The van der Waals surface area contributed by atoms with Crippen LogP contribution in [0, 0.1) is 11.3 Å². The first kappa shape index (κ1) is 15.1. The van der Waals surface area contributed by atoms with Crippen LogP contribution in [0.2, 0.25) is 0 Å².